The van der Waals surface area contributed by atoms with Gasteiger partial charge in [0.15, 0.2) is 11.5 Å². The Balaban J connectivity index is 1.44. The van der Waals surface area contributed by atoms with Crippen LogP contribution in [0.1, 0.15) is 33.2 Å². The van der Waals surface area contributed by atoms with Crippen molar-refractivity contribution < 1.29 is 33.3 Å². The van der Waals surface area contributed by atoms with E-state index in [0.29, 0.717) is 40.5 Å². The predicted molar refractivity (Wildman–Crippen MR) is 154 cm³/mol. The highest BCUT2D eigenvalue weighted by atomic mass is 16.5. The molecule has 0 bridgehead atoms. The molecule has 4 aromatic rings. The zero-order valence-electron chi connectivity index (χ0n) is 22.8. The maximum Gasteiger partial charge on any atom is 0.343 e. The number of amides is 2. The van der Waals surface area contributed by atoms with Gasteiger partial charge in [0.05, 0.1) is 39.1 Å². The van der Waals surface area contributed by atoms with Gasteiger partial charge in [0, 0.05) is 11.1 Å². The van der Waals surface area contributed by atoms with Crippen molar-refractivity contribution in [2.75, 3.05) is 27.4 Å². The Hall–Kier alpha value is -5.38. The molecular weight excluding hydrogens is 526 g/mol. The molecule has 4 aromatic carbocycles. The van der Waals surface area contributed by atoms with Gasteiger partial charge in [-0.25, -0.2) is 10.2 Å². The molecule has 2 amide bonds. The Morgan fingerprint density at radius 1 is 0.829 bits per heavy atom. The third kappa shape index (κ3) is 7.18. The van der Waals surface area contributed by atoms with Crippen LogP contribution >= 0.6 is 0 Å². The minimum Gasteiger partial charge on any atom is -0.494 e. The van der Waals surface area contributed by atoms with Gasteiger partial charge in [-0.15, -0.1) is 0 Å². The summed E-state index contributed by atoms with van der Waals surface area (Å²) in [6, 6.07) is 22.3. The van der Waals surface area contributed by atoms with E-state index in [9.17, 15) is 14.4 Å². The Kier molecular flexibility index (Phi) is 9.50. The Morgan fingerprint density at radius 3 is 2.27 bits per heavy atom. The summed E-state index contributed by atoms with van der Waals surface area (Å²) in [4.78, 5) is 37.8. The van der Waals surface area contributed by atoms with E-state index in [1.807, 2.05) is 37.3 Å². The first-order valence-corrected chi connectivity index (χ1v) is 12.7. The predicted octanol–water partition coefficient (Wildman–Crippen LogP) is 4.36. The minimum absolute atomic E-state index is 0.266. The summed E-state index contributed by atoms with van der Waals surface area (Å²) in [5, 5.41) is 8.24. The highest BCUT2D eigenvalue weighted by Gasteiger charge is 2.15. The van der Waals surface area contributed by atoms with Crippen molar-refractivity contribution >= 4 is 34.8 Å². The molecule has 0 atom stereocenters. The van der Waals surface area contributed by atoms with Gasteiger partial charge >= 0.3 is 5.97 Å². The summed E-state index contributed by atoms with van der Waals surface area (Å²) < 4.78 is 21.5. The number of ether oxygens (including phenoxy) is 4. The van der Waals surface area contributed by atoms with E-state index in [2.05, 4.69) is 15.8 Å². The molecule has 210 valence electrons. The average Bonchev–Trinajstić information content (AvgIpc) is 3.00. The van der Waals surface area contributed by atoms with Gasteiger partial charge in [-0.05, 0) is 66.2 Å². The number of carbonyl (C=O) groups is 3. The highest BCUT2D eigenvalue weighted by molar-refractivity contribution is 6.04. The van der Waals surface area contributed by atoms with Crippen LogP contribution < -0.4 is 29.7 Å². The highest BCUT2D eigenvalue weighted by Crippen LogP contribution is 2.28. The largest absolute Gasteiger partial charge is 0.494 e. The Morgan fingerprint density at radius 2 is 1.54 bits per heavy atom. The third-order valence-electron chi connectivity index (χ3n) is 5.97. The SMILES string of the molecule is CCOc1ccc(C(=O)Oc2ccc3ccccc3c2C=NNC(=O)CNC(=O)c2ccc(OC)c(OC)c2)cc1. The lowest BCUT2D eigenvalue weighted by molar-refractivity contribution is -0.120. The van der Waals surface area contributed by atoms with Crippen molar-refractivity contribution in [3.05, 3.63) is 95.6 Å². The lowest BCUT2D eigenvalue weighted by Crippen LogP contribution is -2.34. The van der Waals surface area contributed by atoms with Crippen molar-refractivity contribution in [3.8, 4) is 23.0 Å². The van der Waals surface area contributed by atoms with Crippen LogP contribution in [0, 0.1) is 0 Å². The van der Waals surface area contributed by atoms with Gasteiger partial charge in [0.1, 0.15) is 11.5 Å². The van der Waals surface area contributed by atoms with Gasteiger partial charge in [-0.2, -0.15) is 5.10 Å². The number of hydrogen-bond donors (Lipinski definition) is 2. The minimum atomic E-state index is -0.556. The van der Waals surface area contributed by atoms with E-state index >= 15 is 0 Å². The molecular formula is C31H29N3O7. The molecule has 0 spiro atoms. The van der Waals surface area contributed by atoms with Gasteiger partial charge in [-0.1, -0.05) is 30.3 Å². The van der Waals surface area contributed by atoms with Crippen LogP contribution in [0.5, 0.6) is 23.0 Å². The summed E-state index contributed by atoms with van der Waals surface area (Å²) in [6.45, 7) is 2.08. The summed E-state index contributed by atoms with van der Waals surface area (Å²) in [5.41, 5.74) is 3.54. The first-order chi connectivity index (χ1) is 19.9. The molecule has 4 rings (SSSR count). The van der Waals surface area contributed by atoms with Crippen LogP contribution in [0.15, 0.2) is 84.0 Å². The van der Waals surface area contributed by atoms with Gasteiger partial charge in [-0.3, -0.25) is 9.59 Å². The normalized spacial score (nSPS) is 10.7. The molecule has 0 aliphatic heterocycles. The fraction of sp³-hybridized carbons (Fsp3) is 0.161. The standard InChI is InChI=1S/C31H29N3O7/c1-4-40-23-13-9-21(10-14-23)31(37)41-26-15-11-20-7-5-6-8-24(20)25(26)18-33-34-29(35)19-32-30(36)22-12-16-27(38-2)28(17-22)39-3/h5-18H,4,19H2,1-3H3,(H,32,36)(H,34,35). The van der Waals surface area contributed by atoms with Crippen molar-refractivity contribution in [1.29, 1.82) is 0 Å². The molecule has 10 heteroatoms. The van der Waals surface area contributed by atoms with E-state index < -0.39 is 17.8 Å². The number of rotatable bonds is 11. The number of fused-ring (bicyclic) bond motifs is 1. The number of methoxy groups -OCH3 is 2. The molecule has 0 heterocycles. The zero-order valence-corrected chi connectivity index (χ0v) is 22.8. The van der Waals surface area contributed by atoms with Crippen molar-refractivity contribution in [2.45, 2.75) is 6.92 Å². The lowest BCUT2D eigenvalue weighted by atomic mass is 10.0. The maximum absolute atomic E-state index is 12.9. The van der Waals surface area contributed by atoms with E-state index in [4.69, 9.17) is 18.9 Å². The second kappa shape index (κ2) is 13.6. The Labute approximate surface area is 236 Å². The summed E-state index contributed by atoms with van der Waals surface area (Å²) in [5.74, 6) is 0.212. The number of hydrazone groups is 1. The van der Waals surface area contributed by atoms with E-state index in [1.54, 1.807) is 42.5 Å². The molecule has 0 saturated heterocycles. The van der Waals surface area contributed by atoms with Crippen LogP contribution in [0.25, 0.3) is 10.8 Å². The second-order valence-corrected chi connectivity index (χ2v) is 8.59. The van der Waals surface area contributed by atoms with Crippen LogP contribution in [-0.4, -0.2) is 51.4 Å². The van der Waals surface area contributed by atoms with E-state index in [-0.39, 0.29) is 12.3 Å². The first-order valence-electron chi connectivity index (χ1n) is 12.7. The molecule has 41 heavy (non-hydrogen) atoms. The lowest BCUT2D eigenvalue weighted by Gasteiger charge is -2.11. The van der Waals surface area contributed by atoms with Gasteiger partial charge in [0.25, 0.3) is 11.8 Å². The van der Waals surface area contributed by atoms with Crippen LogP contribution in [0.3, 0.4) is 0 Å². The molecule has 0 aliphatic carbocycles. The van der Waals surface area contributed by atoms with Crippen molar-refractivity contribution in [1.82, 2.24) is 10.7 Å². The zero-order chi connectivity index (χ0) is 29.2. The fourth-order valence-corrected chi connectivity index (χ4v) is 3.96. The molecule has 0 saturated carbocycles. The van der Waals surface area contributed by atoms with E-state index in [1.165, 1.54) is 26.5 Å². The topological polar surface area (TPSA) is 125 Å². The summed E-state index contributed by atoms with van der Waals surface area (Å²) in [7, 11) is 2.96. The Bertz CT molecular complexity index is 1580. The fourth-order valence-electron chi connectivity index (χ4n) is 3.96. The van der Waals surface area contributed by atoms with E-state index in [0.717, 1.165) is 10.8 Å². The molecule has 0 radical (unpaired) electrons. The first kappa shape index (κ1) is 28.6. The smallest absolute Gasteiger partial charge is 0.343 e. The van der Waals surface area contributed by atoms with Crippen LogP contribution in [-0.2, 0) is 4.79 Å². The monoisotopic (exact) mass is 555 g/mol. The molecule has 0 fully saturated rings. The average molecular weight is 556 g/mol. The maximum atomic E-state index is 12.9. The third-order valence-corrected chi connectivity index (χ3v) is 5.97. The van der Waals surface area contributed by atoms with Gasteiger partial charge < -0.3 is 24.3 Å². The number of benzene rings is 4. The van der Waals surface area contributed by atoms with Crippen molar-refractivity contribution in [3.63, 3.8) is 0 Å². The van der Waals surface area contributed by atoms with Crippen molar-refractivity contribution in [2.24, 2.45) is 5.10 Å². The number of carbonyl (C=O) groups excluding carboxylic acids is 3. The summed E-state index contributed by atoms with van der Waals surface area (Å²) >= 11 is 0. The quantitative estimate of drug-likeness (QED) is 0.122. The molecule has 0 aromatic heterocycles. The second-order valence-electron chi connectivity index (χ2n) is 8.59. The van der Waals surface area contributed by atoms with Crippen LogP contribution in [0.4, 0.5) is 0 Å². The number of nitrogens with zero attached hydrogens (tertiary/aromatic N) is 1. The number of hydrogen-bond acceptors (Lipinski definition) is 8. The molecule has 0 aliphatic rings. The molecule has 10 nitrogen and oxygen atoms in total. The number of nitrogens with one attached hydrogen (secondary N) is 2. The van der Waals surface area contributed by atoms with Gasteiger partial charge in [0.2, 0.25) is 0 Å². The molecule has 0 unspecified atom stereocenters. The molecule has 2 N–H and O–H groups in total. The number of esters is 1. The van der Waals surface area contributed by atoms with Crippen LogP contribution in [0.2, 0.25) is 0 Å². The summed E-state index contributed by atoms with van der Waals surface area (Å²) in [6.07, 6.45) is 1.40.